The number of fused-ring (bicyclic) bond motifs is 2. The van der Waals surface area contributed by atoms with E-state index in [-0.39, 0.29) is 0 Å². The fraction of sp³-hybridized carbons (Fsp3) is 0. The molecule has 398 valence electrons. The highest BCUT2D eigenvalue weighted by Crippen LogP contribution is 2.44. The maximum Gasteiger partial charge on any atom is 0.0973 e. The number of para-hydroxylation sites is 7. The summed E-state index contributed by atoms with van der Waals surface area (Å²) in [6.07, 6.45) is 0. The van der Waals surface area contributed by atoms with Crippen LogP contribution in [0.15, 0.2) is 340 Å². The summed E-state index contributed by atoms with van der Waals surface area (Å²) in [6.45, 7) is 0. The topological polar surface area (TPSA) is 38.7 Å². The summed E-state index contributed by atoms with van der Waals surface area (Å²) < 4.78 is 0. The van der Waals surface area contributed by atoms with Gasteiger partial charge in [-0.1, -0.05) is 182 Å². The Labute approximate surface area is 490 Å². The van der Waals surface area contributed by atoms with Gasteiger partial charge in [0.15, 0.2) is 0 Å². The van der Waals surface area contributed by atoms with Gasteiger partial charge in [-0.25, -0.2) is 9.97 Å². The average molecular weight is 1080 g/mol. The van der Waals surface area contributed by atoms with Gasteiger partial charge >= 0.3 is 0 Å². The largest absolute Gasteiger partial charge is 0.311 e. The highest BCUT2D eigenvalue weighted by Gasteiger charge is 2.21. The molecule has 6 nitrogen and oxygen atoms in total. The summed E-state index contributed by atoms with van der Waals surface area (Å²) in [7, 11) is 0. The van der Waals surface area contributed by atoms with E-state index in [2.05, 4.69) is 359 Å². The van der Waals surface area contributed by atoms with E-state index in [1.165, 1.54) is 10.8 Å². The van der Waals surface area contributed by atoms with Crippen molar-refractivity contribution in [3.8, 4) is 33.6 Å². The van der Waals surface area contributed by atoms with Gasteiger partial charge in [0.2, 0.25) is 0 Å². The van der Waals surface area contributed by atoms with Crippen LogP contribution >= 0.6 is 0 Å². The molecule has 0 spiro atoms. The zero-order valence-electron chi connectivity index (χ0n) is 46.0. The molecule has 14 aromatic rings. The molecule has 1 heterocycles. The Balaban J connectivity index is 0.855. The van der Waals surface area contributed by atoms with Crippen LogP contribution in [0.3, 0.4) is 0 Å². The van der Waals surface area contributed by atoms with Crippen molar-refractivity contribution in [3.05, 3.63) is 340 Å². The second-order valence-corrected chi connectivity index (χ2v) is 20.6. The second-order valence-electron chi connectivity index (χ2n) is 20.6. The molecule has 1 aromatic heterocycles. The van der Waals surface area contributed by atoms with Crippen LogP contribution in [0.1, 0.15) is 0 Å². The smallest absolute Gasteiger partial charge is 0.0973 e. The zero-order chi connectivity index (χ0) is 56.0. The van der Waals surface area contributed by atoms with Gasteiger partial charge in [0.25, 0.3) is 0 Å². The quantitative estimate of drug-likeness (QED) is 0.102. The van der Waals surface area contributed by atoms with E-state index in [0.29, 0.717) is 0 Å². The van der Waals surface area contributed by atoms with Gasteiger partial charge < -0.3 is 19.6 Å². The first-order chi connectivity index (χ1) is 41.7. The lowest BCUT2D eigenvalue weighted by atomic mass is 9.98. The Morgan fingerprint density at radius 2 is 0.464 bits per heavy atom. The SMILES string of the molecule is c1ccc(N(c2ccccc2)c2ccc(N(c3ccccc3)c3ccc(-c4nc5cccc(-c6ccc7ccccc7c6)c5nc4-c4ccc(N(c5ccccc5)c5ccc(N(c6ccccc6)c6ccccc6)cc5)cc4)cc3)cc2)cc1. The molecule has 0 atom stereocenters. The summed E-state index contributed by atoms with van der Waals surface area (Å²) in [5.74, 6) is 0. The van der Waals surface area contributed by atoms with E-state index in [0.717, 1.165) is 113 Å². The fourth-order valence-electron chi connectivity index (χ4n) is 11.4. The minimum Gasteiger partial charge on any atom is -0.311 e. The molecule has 0 aliphatic carbocycles. The minimum atomic E-state index is 0.796. The molecule has 6 heteroatoms. The van der Waals surface area contributed by atoms with E-state index in [9.17, 15) is 0 Å². The second kappa shape index (κ2) is 23.0. The third-order valence-electron chi connectivity index (χ3n) is 15.4. The Hall–Kier alpha value is -11.3. The first-order valence-electron chi connectivity index (χ1n) is 28.4. The summed E-state index contributed by atoms with van der Waals surface area (Å²) in [6, 6.07) is 120. The van der Waals surface area contributed by atoms with Crippen molar-refractivity contribution in [2.24, 2.45) is 0 Å². The molecule has 14 rings (SSSR count). The van der Waals surface area contributed by atoms with Crippen LogP contribution in [0.25, 0.3) is 55.4 Å². The van der Waals surface area contributed by atoms with Gasteiger partial charge in [-0.15, -0.1) is 0 Å². The van der Waals surface area contributed by atoms with E-state index < -0.39 is 0 Å². The van der Waals surface area contributed by atoms with Crippen LogP contribution in [0, 0.1) is 0 Å². The molecule has 0 aliphatic rings. The molecule has 0 aliphatic heterocycles. The van der Waals surface area contributed by atoms with Crippen molar-refractivity contribution >= 4 is 90.1 Å². The lowest BCUT2D eigenvalue weighted by Crippen LogP contribution is -2.12. The standard InChI is InChI=1S/C78H56N6/c1-7-24-62(25-8-1)81(63-26-9-2-10-27-63)70-48-52-72(53-49-70)83(66-32-15-5-16-33-66)68-44-40-58(41-45-68)76-77(80-78-74(36-21-37-75(78)79-76)61-39-38-57-22-19-20-23-60(57)56-61)59-42-46-69(47-43-59)84(67-34-17-6-18-35-67)73-54-50-71(51-55-73)82(64-28-11-3-12-29-64)65-30-13-4-14-31-65/h1-56H. The van der Waals surface area contributed by atoms with Crippen molar-refractivity contribution in [3.63, 3.8) is 0 Å². The normalized spacial score (nSPS) is 11.1. The number of rotatable bonds is 15. The van der Waals surface area contributed by atoms with E-state index in [4.69, 9.17) is 9.97 Å². The Bertz CT molecular complexity index is 4410. The lowest BCUT2D eigenvalue weighted by Gasteiger charge is -2.28. The van der Waals surface area contributed by atoms with Crippen molar-refractivity contribution in [2.75, 3.05) is 19.6 Å². The molecule has 13 aromatic carbocycles. The minimum absolute atomic E-state index is 0.796. The first kappa shape index (κ1) is 50.9. The average Bonchev–Trinajstić information content (AvgIpc) is 3.76. The molecule has 0 unspecified atom stereocenters. The summed E-state index contributed by atoms with van der Waals surface area (Å²) in [4.78, 5) is 20.4. The van der Waals surface area contributed by atoms with Gasteiger partial charge in [0.05, 0.1) is 22.4 Å². The lowest BCUT2D eigenvalue weighted by molar-refractivity contribution is 1.25. The van der Waals surface area contributed by atoms with Crippen molar-refractivity contribution < 1.29 is 0 Å². The molecule has 0 saturated heterocycles. The highest BCUT2D eigenvalue weighted by atomic mass is 15.2. The molecule has 0 radical (unpaired) electrons. The molecule has 0 N–H and O–H groups in total. The van der Waals surface area contributed by atoms with Crippen molar-refractivity contribution in [2.45, 2.75) is 0 Å². The number of hydrogen-bond donors (Lipinski definition) is 0. The first-order valence-corrected chi connectivity index (χ1v) is 28.4. The monoisotopic (exact) mass is 1080 g/mol. The van der Waals surface area contributed by atoms with Crippen molar-refractivity contribution in [1.29, 1.82) is 0 Å². The van der Waals surface area contributed by atoms with Crippen LogP contribution in [-0.2, 0) is 0 Å². The Morgan fingerprint density at radius 3 is 0.810 bits per heavy atom. The van der Waals surface area contributed by atoms with Crippen LogP contribution < -0.4 is 19.6 Å². The third kappa shape index (κ3) is 10.3. The summed E-state index contributed by atoms with van der Waals surface area (Å²) >= 11 is 0. The Kier molecular flexibility index (Phi) is 13.9. The maximum absolute atomic E-state index is 5.67. The highest BCUT2D eigenvalue weighted by molar-refractivity contribution is 5.98. The third-order valence-corrected chi connectivity index (χ3v) is 15.4. The molecule has 0 amide bonds. The van der Waals surface area contributed by atoms with E-state index >= 15 is 0 Å². The zero-order valence-corrected chi connectivity index (χ0v) is 46.0. The predicted molar refractivity (Wildman–Crippen MR) is 352 cm³/mol. The number of aromatic nitrogens is 2. The van der Waals surface area contributed by atoms with Crippen molar-refractivity contribution in [1.82, 2.24) is 9.97 Å². The fourth-order valence-corrected chi connectivity index (χ4v) is 11.4. The molecule has 0 fully saturated rings. The molecule has 84 heavy (non-hydrogen) atoms. The molecular formula is C78H56N6. The van der Waals surface area contributed by atoms with Crippen LogP contribution in [0.5, 0.6) is 0 Å². The molecular weight excluding hydrogens is 1020 g/mol. The van der Waals surface area contributed by atoms with Gasteiger partial charge in [-0.3, -0.25) is 0 Å². The maximum atomic E-state index is 5.67. The number of anilines is 12. The predicted octanol–water partition coefficient (Wildman–Crippen LogP) is 21.7. The Morgan fingerprint density at radius 1 is 0.190 bits per heavy atom. The number of hydrogen-bond acceptors (Lipinski definition) is 6. The summed E-state index contributed by atoms with van der Waals surface area (Å²) in [5.41, 5.74) is 20.0. The van der Waals surface area contributed by atoms with E-state index in [1.807, 2.05) is 0 Å². The van der Waals surface area contributed by atoms with Crippen LogP contribution in [0.2, 0.25) is 0 Å². The van der Waals surface area contributed by atoms with Gasteiger partial charge in [0, 0.05) is 84.9 Å². The summed E-state index contributed by atoms with van der Waals surface area (Å²) in [5, 5.41) is 2.37. The number of nitrogens with zero attached hydrogens (tertiary/aromatic N) is 6. The molecule has 0 saturated carbocycles. The van der Waals surface area contributed by atoms with E-state index in [1.54, 1.807) is 0 Å². The van der Waals surface area contributed by atoms with Gasteiger partial charge in [-0.2, -0.15) is 0 Å². The van der Waals surface area contributed by atoms with Crippen LogP contribution in [-0.4, -0.2) is 9.97 Å². The van der Waals surface area contributed by atoms with Crippen LogP contribution in [0.4, 0.5) is 68.2 Å². The number of benzene rings is 13. The molecule has 0 bridgehead atoms. The van der Waals surface area contributed by atoms with Gasteiger partial charge in [-0.05, 0) is 174 Å². The van der Waals surface area contributed by atoms with Gasteiger partial charge in [0.1, 0.15) is 0 Å².